The molecular formula is C13H24N2O2. The molecule has 1 unspecified atom stereocenters. The molecule has 17 heavy (non-hydrogen) atoms. The van der Waals surface area contributed by atoms with E-state index in [4.69, 9.17) is 0 Å². The van der Waals surface area contributed by atoms with Crippen molar-refractivity contribution in [1.82, 2.24) is 10.2 Å². The highest BCUT2D eigenvalue weighted by molar-refractivity contribution is 5.55. The molecule has 0 spiro atoms. The number of nitrogens with zero attached hydrogens (tertiary/aromatic N) is 1. The Bertz CT molecular complexity index is 321. The van der Waals surface area contributed by atoms with Crippen LogP contribution in [0.15, 0.2) is 0 Å². The second kappa shape index (κ2) is 8.93. The number of hydrogen-bond acceptors (Lipinski definition) is 3. The topological polar surface area (TPSA) is 55.0 Å². The van der Waals surface area contributed by atoms with E-state index in [2.05, 4.69) is 14.9 Å². The zero-order valence-corrected chi connectivity index (χ0v) is 11.5. The molecule has 2 rings (SSSR count). The van der Waals surface area contributed by atoms with Gasteiger partial charge in [-0.1, -0.05) is 13.8 Å². The van der Waals surface area contributed by atoms with Gasteiger partial charge in [0, 0.05) is 32.3 Å². The molecule has 0 saturated carbocycles. The van der Waals surface area contributed by atoms with Crippen LogP contribution in [0.25, 0.3) is 0 Å². The summed E-state index contributed by atoms with van der Waals surface area (Å²) in [7, 11) is 3.25. The van der Waals surface area contributed by atoms with Crippen LogP contribution in [0.1, 0.15) is 37.2 Å². The Labute approximate surface area is 104 Å². The third-order valence-electron chi connectivity index (χ3n) is 2.57. The maximum absolute atomic E-state index is 10.5. The number of carbonyl (C=O) groups is 1. The maximum Gasteiger partial charge on any atom is 0.123 e. The summed E-state index contributed by atoms with van der Waals surface area (Å²) in [5, 5.41) is 7.13. The van der Waals surface area contributed by atoms with Gasteiger partial charge in [0.1, 0.15) is 6.29 Å². The molecule has 0 bridgehead atoms. The van der Waals surface area contributed by atoms with Crippen molar-refractivity contribution in [2.75, 3.05) is 14.2 Å². The number of aryl methyl sites for hydroxylation is 1. The molecule has 0 aliphatic heterocycles. The minimum atomic E-state index is 0.195. The first-order valence-electron chi connectivity index (χ1n) is 6.11. The average Bonchev–Trinajstić information content (AvgIpc) is 2.74. The highest BCUT2D eigenvalue weighted by Crippen LogP contribution is 2.24. The number of aromatic amines is 1. The summed E-state index contributed by atoms with van der Waals surface area (Å²) in [5.74, 6) is 0.195. The largest absolute Gasteiger partial charge is 0.388 e. The summed E-state index contributed by atoms with van der Waals surface area (Å²) in [5.41, 5.74) is 3.58. The number of rotatable bonds is 1. The van der Waals surface area contributed by atoms with E-state index in [-0.39, 0.29) is 5.92 Å². The van der Waals surface area contributed by atoms with E-state index in [1.54, 1.807) is 14.2 Å². The number of fused-ring (bicyclic) bond motifs is 1. The number of methoxy groups -OCH3 is 1. The fourth-order valence-electron chi connectivity index (χ4n) is 1.80. The minimum Gasteiger partial charge on any atom is -0.388 e. The third kappa shape index (κ3) is 4.69. The van der Waals surface area contributed by atoms with Crippen molar-refractivity contribution in [1.29, 1.82) is 0 Å². The quantitative estimate of drug-likeness (QED) is 0.766. The molecule has 1 heterocycles. The van der Waals surface area contributed by atoms with Crippen LogP contribution in [0.5, 0.6) is 0 Å². The van der Waals surface area contributed by atoms with Crippen LogP contribution < -0.4 is 0 Å². The zero-order valence-electron chi connectivity index (χ0n) is 11.5. The van der Waals surface area contributed by atoms with Gasteiger partial charge in [0.2, 0.25) is 0 Å². The normalized spacial score (nSPS) is 16.9. The standard InChI is InChI=1S/C9H12N2O.C2H6O.C2H6/c1-6-8-3-2-7(5-12)4-9(8)11-10-6;1-3-2;1-2/h5,7H,2-4H2,1H3,(H,10,11);1-2H3;1-2H3. The van der Waals surface area contributed by atoms with Gasteiger partial charge >= 0.3 is 0 Å². The van der Waals surface area contributed by atoms with Crippen molar-refractivity contribution >= 4 is 6.29 Å². The van der Waals surface area contributed by atoms with Gasteiger partial charge in [-0.05, 0) is 25.3 Å². The summed E-state index contributed by atoms with van der Waals surface area (Å²) in [6.45, 7) is 6.03. The SMILES string of the molecule is CC.COC.Cc1[nH]nc2c1CCC(C=O)C2. The van der Waals surface area contributed by atoms with Gasteiger partial charge in [-0.15, -0.1) is 0 Å². The molecule has 1 atom stereocenters. The summed E-state index contributed by atoms with van der Waals surface area (Å²) in [6.07, 6.45) is 3.86. The van der Waals surface area contributed by atoms with Crippen LogP contribution >= 0.6 is 0 Å². The molecule has 1 N–H and O–H groups in total. The lowest BCUT2D eigenvalue weighted by Gasteiger charge is -2.15. The highest BCUT2D eigenvalue weighted by Gasteiger charge is 2.21. The Morgan fingerprint density at radius 3 is 2.53 bits per heavy atom. The molecule has 1 aliphatic carbocycles. The Hall–Kier alpha value is -1.16. The number of aromatic nitrogens is 2. The van der Waals surface area contributed by atoms with E-state index in [9.17, 15) is 4.79 Å². The van der Waals surface area contributed by atoms with Gasteiger partial charge in [-0.25, -0.2) is 0 Å². The summed E-state index contributed by atoms with van der Waals surface area (Å²) in [4.78, 5) is 10.5. The van der Waals surface area contributed by atoms with Gasteiger partial charge < -0.3 is 9.53 Å². The number of carbonyl (C=O) groups excluding carboxylic acids is 1. The van der Waals surface area contributed by atoms with Crippen LogP contribution in [0.2, 0.25) is 0 Å². The number of H-pyrrole nitrogens is 1. The maximum atomic E-state index is 10.5. The smallest absolute Gasteiger partial charge is 0.123 e. The van der Waals surface area contributed by atoms with Crippen molar-refractivity contribution in [3.63, 3.8) is 0 Å². The van der Waals surface area contributed by atoms with E-state index >= 15 is 0 Å². The number of hydrogen-bond donors (Lipinski definition) is 1. The highest BCUT2D eigenvalue weighted by atomic mass is 16.4. The van der Waals surface area contributed by atoms with E-state index in [0.717, 1.165) is 36.9 Å². The van der Waals surface area contributed by atoms with Crippen molar-refractivity contribution in [3.05, 3.63) is 17.0 Å². The van der Waals surface area contributed by atoms with Crippen molar-refractivity contribution in [2.24, 2.45) is 5.92 Å². The van der Waals surface area contributed by atoms with E-state index in [0.29, 0.717) is 0 Å². The lowest BCUT2D eigenvalue weighted by molar-refractivity contribution is -0.111. The second-order valence-corrected chi connectivity index (χ2v) is 3.82. The number of ether oxygens (including phenoxy) is 1. The van der Waals surface area contributed by atoms with Gasteiger partial charge in [-0.3, -0.25) is 5.10 Å². The molecule has 4 heteroatoms. The van der Waals surface area contributed by atoms with Gasteiger partial charge in [0.15, 0.2) is 0 Å². The summed E-state index contributed by atoms with van der Waals surface area (Å²) >= 11 is 0. The molecular weight excluding hydrogens is 216 g/mol. The van der Waals surface area contributed by atoms with E-state index in [1.807, 2.05) is 20.8 Å². The molecule has 1 aromatic heterocycles. The fraction of sp³-hybridized carbons (Fsp3) is 0.692. The lowest BCUT2D eigenvalue weighted by Crippen LogP contribution is -2.14. The van der Waals surface area contributed by atoms with E-state index < -0.39 is 0 Å². The van der Waals surface area contributed by atoms with Crippen LogP contribution in [-0.4, -0.2) is 30.7 Å². The molecule has 0 aromatic carbocycles. The lowest BCUT2D eigenvalue weighted by atomic mass is 9.88. The van der Waals surface area contributed by atoms with Crippen LogP contribution in [0, 0.1) is 12.8 Å². The van der Waals surface area contributed by atoms with Crippen LogP contribution in [0.3, 0.4) is 0 Å². The van der Waals surface area contributed by atoms with E-state index in [1.165, 1.54) is 5.56 Å². The first-order chi connectivity index (χ1) is 8.22. The molecule has 1 aliphatic rings. The predicted octanol–water partition coefficient (Wildman–Crippen LogP) is 2.31. The van der Waals surface area contributed by atoms with Crippen LogP contribution in [0.4, 0.5) is 0 Å². The Morgan fingerprint density at radius 1 is 1.41 bits per heavy atom. The molecule has 0 radical (unpaired) electrons. The monoisotopic (exact) mass is 240 g/mol. The Morgan fingerprint density at radius 2 is 2.00 bits per heavy atom. The van der Waals surface area contributed by atoms with Crippen LogP contribution in [-0.2, 0) is 22.4 Å². The number of nitrogens with one attached hydrogen (secondary N) is 1. The van der Waals surface area contributed by atoms with Crippen molar-refractivity contribution in [2.45, 2.75) is 40.0 Å². The second-order valence-electron chi connectivity index (χ2n) is 3.82. The molecule has 98 valence electrons. The fourth-order valence-corrected chi connectivity index (χ4v) is 1.80. The van der Waals surface area contributed by atoms with Crippen molar-refractivity contribution in [3.8, 4) is 0 Å². The average molecular weight is 240 g/mol. The van der Waals surface area contributed by atoms with Gasteiger partial charge in [0.05, 0.1) is 5.69 Å². The number of aldehydes is 1. The molecule has 0 amide bonds. The first kappa shape index (κ1) is 15.8. The molecule has 0 fully saturated rings. The summed E-state index contributed by atoms with van der Waals surface area (Å²) in [6, 6.07) is 0. The zero-order chi connectivity index (χ0) is 13.3. The first-order valence-corrected chi connectivity index (χ1v) is 6.11. The molecule has 4 nitrogen and oxygen atoms in total. The van der Waals surface area contributed by atoms with Crippen molar-refractivity contribution < 1.29 is 9.53 Å². The van der Waals surface area contributed by atoms with Gasteiger partial charge in [-0.2, -0.15) is 5.10 Å². The van der Waals surface area contributed by atoms with Gasteiger partial charge in [0.25, 0.3) is 0 Å². The summed E-state index contributed by atoms with van der Waals surface area (Å²) < 4.78 is 4.25. The molecule has 1 aromatic rings. The molecule has 0 saturated heterocycles. The minimum absolute atomic E-state index is 0.195. The third-order valence-corrected chi connectivity index (χ3v) is 2.57. The Balaban J connectivity index is 0.000000450. The Kier molecular flexibility index (Phi) is 8.32. The predicted molar refractivity (Wildman–Crippen MR) is 69.2 cm³/mol.